The maximum Gasteiger partial charge on any atom is 0.271 e. The molecule has 220 valence electrons. The summed E-state index contributed by atoms with van der Waals surface area (Å²) in [4.78, 5) is 34.2. The Kier molecular flexibility index (Phi) is 8.25. The van der Waals surface area contributed by atoms with Gasteiger partial charge in [-0.25, -0.2) is 4.98 Å². The summed E-state index contributed by atoms with van der Waals surface area (Å²) in [6, 6.07) is 4.40. The second-order valence-electron chi connectivity index (χ2n) is 12.5. The fraction of sp³-hybridized carbons (Fsp3) is 0.533. The van der Waals surface area contributed by atoms with Gasteiger partial charge in [0.1, 0.15) is 11.5 Å². The van der Waals surface area contributed by atoms with Gasteiger partial charge in [0.2, 0.25) is 5.91 Å². The third kappa shape index (κ3) is 5.90. The average molecular weight is 601 g/mol. The van der Waals surface area contributed by atoms with Crippen LogP contribution in [0.5, 0.6) is 0 Å². The molecule has 0 spiro atoms. The minimum Gasteiger partial charge on any atom is -0.344 e. The molecule has 2 saturated heterocycles. The maximum absolute atomic E-state index is 13.6. The molecule has 2 amide bonds. The number of carbonyl (C=O) groups excluding carboxylic acids is 2. The van der Waals surface area contributed by atoms with Crippen LogP contribution >= 0.6 is 23.2 Å². The van der Waals surface area contributed by atoms with E-state index in [-0.39, 0.29) is 34.5 Å². The molecule has 41 heavy (non-hydrogen) atoms. The smallest absolute Gasteiger partial charge is 0.271 e. The molecular formula is C30H39Cl2N7O2. The Bertz CT molecular complexity index is 1480. The van der Waals surface area contributed by atoms with Gasteiger partial charge in [-0.05, 0) is 55.9 Å². The second kappa shape index (κ2) is 11.4. The van der Waals surface area contributed by atoms with Crippen molar-refractivity contribution in [1.82, 2.24) is 34.9 Å². The molecular weight excluding hydrogens is 561 g/mol. The Labute approximate surface area is 251 Å². The summed E-state index contributed by atoms with van der Waals surface area (Å²) in [5.74, 6) is 0.383. The van der Waals surface area contributed by atoms with Crippen molar-refractivity contribution >= 4 is 45.9 Å². The first kappa shape index (κ1) is 29.6. The molecule has 2 N–H and O–H groups in total. The summed E-state index contributed by atoms with van der Waals surface area (Å²) in [6.45, 7) is 17.0. The molecule has 3 aromatic rings. The first-order chi connectivity index (χ1) is 19.4. The first-order valence-electron chi connectivity index (χ1n) is 14.3. The number of imidazole rings is 1. The number of halogens is 2. The molecule has 0 saturated carbocycles. The van der Waals surface area contributed by atoms with E-state index >= 15 is 0 Å². The fourth-order valence-electron chi connectivity index (χ4n) is 5.89. The van der Waals surface area contributed by atoms with Crippen molar-refractivity contribution in [3.05, 3.63) is 57.7 Å². The Balaban J connectivity index is 1.42. The normalized spacial score (nSPS) is 18.3. The molecule has 4 heterocycles. The number of likely N-dealkylation sites (tertiary alicyclic amines) is 2. The van der Waals surface area contributed by atoms with Gasteiger partial charge in [-0.2, -0.15) is 5.10 Å². The van der Waals surface area contributed by atoms with Crippen LogP contribution in [-0.2, 0) is 23.1 Å². The molecule has 5 rings (SSSR count). The lowest BCUT2D eigenvalue weighted by atomic mass is 9.86. The number of hydrogen-bond acceptors (Lipinski definition) is 5. The van der Waals surface area contributed by atoms with E-state index in [0.29, 0.717) is 42.7 Å². The monoisotopic (exact) mass is 599 g/mol. The van der Waals surface area contributed by atoms with Crippen LogP contribution in [0.3, 0.4) is 0 Å². The highest BCUT2D eigenvalue weighted by Crippen LogP contribution is 2.34. The fourth-order valence-corrected chi connectivity index (χ4v) is 6.60. The highest BCUT2D eigenvalue weighted by atomic mass is 35.5. The van der Waals surface area contributed by atoms with Crippen LogP contribution in [0.2, 0.25) is 10.2 Å². The molecule has 2 aliphatic heterocycles. The van der Waals surface area contributed by atoms with Gasteiger partial charge in [-0.3, -0.25) is 19.6 Å². The van der Waals surface area contributed by atoms with E-state index in [9.17, 15) is 9.59 Å². The summed E-state index contributed by atoms with van der Waals surface area (Å²) >= 11 is 13.3. The van der Waals surface area contributed by atoms with E-state index in [0.717, 1.165) is 47.5 Å². The molecule has 1 aromatic carbocycles. The molecule has 1 atom stereocenters. The quantitative estimate of drug-likeness (QED) is 0.358. The van der Waals surface area contributed by atoms with E-state index in [2.05, 4.69) is 72.2 Å². The molecule has 0 unspecified atom stereocenters. The van der Waals surface area contributed by atoms with Crippen LogP contribution < -0.4 is 5.32 Å². The lowest BCUT2D eigenvalue weighted by Gasteiger charge is -2.39. The Morgan fingerprint density at radius 2 is 1.93 bits per heavy atom. The zero-order chi connectivity index (χ0) is 29.6. The van der Waals surface area contributed by atoms with Crippen LogP contribution in [0.25, 0.3) is 10.9 Å². The Morgan fingerprint density at radius 1 is 1.20 bits per heavy atom. The predicted molar refractivity (Wildman–Crippen MR) is 163 cm³/mol. The minimum absolute atomic E-state index is 0.0817. The van der Waals surface area contributed by atoms with Crippen molar-refractivity contribution in [2.45, 2.75) is 77.4 Å². The lowest BCUT2D eigenvalue weighted by Crippen LogP contribution is -2.60. The lowest BCUT2D eigenvalue weighted by molar-refractivity contribution is -0.130. The third-order valence-electron chi connectivity index (χ3n) is 8.28. The van der Waals surface area contributed by atoms with Crippen molar-refractivity contribution in [2.24, 2.45) is 0 Å². The zero-order valence-electron chi connectivity index (χ0n) is 24.4. The molecule has 0 aliphatic carbocycles. The predicted octanol–water partition coefficient (Wildman–Crippen LogP) is 4.93. The van der Waals surface area contributed by atoms with Crippen LogP contribution in [-0.4, -0.2) is 79.6 Å². The van der Waals surface area contributed by atoms with Gasteiger partial charge in [0.05, 0.1) is 11.6 Å². The molecule has 0 bridgehead atoms. The van der Waals surface area contributed by atoms with Gasteiger partial charge >= 0.3 is 0 Å². The molecule has 2 fully saturated rings. The zero-order valence-corrected chi connectivity index (χ0v) is 25.9. The Morgan fingerprint density at radius 3 is 2.56 bits per heavy atom. The minimum atomic E-state index is -0.260. The number of amides is 2. The number of nitrogens with one attached hydrogen (secondary N) is 2. The number of aromatic nitrogens is 4. The molecule has 11 heteroatoms. The summed E-state index contributed by atoms with van der Waals surface area (Å²) in [5, 5.41) is 12.7. The number of hydrogen-bond donors (Lipinski definition) is 2. The van der Waals surface area contributed by atoms with E-state index in [4.69, 9.17) is 28.2 Å². The van der Waals surface area contributed by atoms with Gasteiger partial charge in [0.15, 0.2) is 5.15 Å². The summed E-state index contributed by atoms with van der Waals surface area (Å²) in [5.41, 5.74) is 3.18. The standard InChI is InChI=1S/C30H39Cl2N7O2/c1-7-26(40)38-14-18(15-38)33-29(41)27-28(32)34-25(39(27)19-10-11-37(16-19)17(2)3)9-8-23-20-12-21(30(4,5)6)22(31)13-24(20)36-35-23/h7,12-13,17-19H,1,8-11,14-16H2,2-6H3,(H,33,41)(H,35,36)/t19-/m0/s1. The topological polar surface area (TPSA) is 99.1 Å². The number of aryl methyl sites for hydroxylation is 2. The summed E-state index contributed by atoms with van der Waals surface area (Å²) < 4.78 is 2.06. The van der Waals surface area contributed by atoms with Crippen molar-refractivity contribution in [2.75, 3.05) is 26.2 Å². The SMILES string of the molecule is C=CC(=O)N1CC(NC(=O)c2c(Cl)nc(CCc3[nH]nc4cc(Cl)c(C(C)(C)C)cc34)n2[C@H]2CCN(C(C)C)C2)C1. The number of rotatable bonds is 8. The molecule has 0 radical (unpaired) electrons. The van der Waals surface area contributed by atoms with Crippen LogP contribution in [0, 0.1) is 0 Å². The largest absolute Gasteiger partial charge is 0.344 e. The van der Waals surface area contributed by atoms with Crippen molar-refractivity contribution in [3.8, 4) is 0 Å². The first-order valence-corrected chi connectivity index (χ1v) is 15.0. The van der Waals surface area contributed by atoms with Gasteiger partial charge in [0, 0.05) is 60.8 Å². The summed E-state index contributed by atoms with van der Waals surface area (Å²) in [7, 11) is 0. The van der Waals surface area contributed by atoms with E-state index in [1.54, 1.807) is 4.90 Å². The van der Waals surface area contributed by atoms with Crippen LogP contribution in [0.15, 0.2) is 24.8 Å². The molecule has 2 aliphatic rings. The van der Waals surface area contributed by atoms with Gasteiger partial charge in [-0.1, -0.05) is 50.6 Å². The molecule has 2 aromatic heterocycles. The maximum atomic E-state index is 13.6. The number of fused-ring (bicyclic) bond motifs is 1. The second-order valence-corrected chi connectivity index (χ2v) is 13.3. The Hall–Kier alpha value is -2.88. The van der Waals surface area contributed by atoms with Crippen LogP contribution in [0.4, 0.5) is 0 Å². The van der Waals surface area contributed by atoms with E-state index in [1.165, 1.54) is 6.08 Å². The number of aromatic amines is 1. The van der Waals surface area contributed by atoms with E-state index < -0.39 is 0 Å². The summed E-state index contributed by atoms with van der Waals surface area (Å²) in [6.07, 6.45) is 3.43. The highest BCUT2D eigenvalue weighted by Gasteiger charge is 2.35. The van der Waals surface area contributed by atoms with Gasteiger partial charge in [-0.15, -0.1) is 0 Å². The average Bonchev–Trinajstić information content (AvgIpc) is 3.59. The van der Waals surface area contributed by atoms with Gasteiger partial charge in [0.25, 0.3) is 5.91 Å². The van der Waals surface area contributed by atoms with Gasteiger partial charge < -0.3 is 14.8 Å². The highest BCUT2D eigenvalue weighted by molar-refractivity contribution is 6.32. The number of H-pyrrole nitrogens is 1. The van der Waals surface area contributed by atoms with Crippen LogP contribution in [0.1, 0.15) is 74.7 Å². The third-order valence-corrected chi connectivity index (χ3v) is 8.85. The number of benzene rings is 1. The number of nitrogens with zero attached hydrogens (tertiary/aromatic N) is 5. The van der Waals surface area contributed by atoms with E-state index in [1.807, 2.05) is 6.07 Å². The van der Waals surface area contributed by atoms with Crippen molar-refractivity contribution in [1.29, 1.82) is 0 Å². The number of carbonyl (C=O) groups is 2. The molecule has 9 nitrogen and oxygen atoms in total. The van der Waals surface area contributed by atoms with Crippen molar-refractivity contribution < 1.29 is 9.59 Å². The van der Waals surface area contributed by atoms with Crippen molar-refractivity contribution in [3.63, 3.8) is 0 Å².